The molecule has 150 valence electrons. The average molecular weight is 444 g/mol. The first-order valence-electron chi connectivity index (χ1n) is 9.14. The van der Waals surface area contributed by atoms with Crippen molar-refractivity contribution in [2.45, 2.75) is 9.79 Å². The summed E-state index contributed by atoms with van der Waals surface area (Å²) in [6.07, 6.45) is 0. The molecule has 6 nitrogen and oxygen atoms in total. The van der Waals surface area contributed by atoms with Gasteiger partial charge in [0.05, 0.1) is 20.0 Å². The Labute approximate surface area is 181 Å². The Balaban J connectivity index is 1.69. The highest BCUT2D eigenvalue weighted by Gasteiger charge is 2.35. The van der Waals surface area contributed by atoms with Crippen LogP contribution in [0.2, 0.25) is 0 Å². The minimum atomic E-state index is -3.96. The smallest absolute Gasteiger partial charge is 0.208 e. The van der Waals surface area contributed by atoms with Crippen molar-refractivity contribution in [3.8, 4) is 6.07 Å². The van der Waals surface area contributed by atoms with Crippen LogP contribution in [0.4, 0.5) is 0 Å². The maximum atomic E-state index is 13.1. The summed E-state index contributed by atoms with van der Waals surface area (Å²) in [4.78, 5) is 16.9. The third kappa shape index (κ3) is 2.86. The van der Waals surface area contributed by atoms with Crippen LogP contribution in [-0.4, -0.2) is 24.3 Å². The predicted octanol–water partition coefficient (Wildman–Crippen LogP) is 4.62. The number of nitrogens with zero attached hydrogens (tertiary/aromatic N) is 2. The summed E-state index contributed by atoms with van der Waals surface area (Å²) >= 11 is 1.25. The number of carbonyl (C=O) groups excluding carboxylic acids is 1. The lowest BCUT2D eigenvalue weighted by molar-refractivity contribution is 0.103. The number of aromatic nitrogens is 1. The minimum absolute atomic E-state index is 0.0359. The Morgan fingerprint density at radius 1 is 0.968 bits per heavy atom. The highest BCUT2D eigenvalue weighted by Crippen LogP contribution is 2.37. The lowest BCUT2D eigenvalue weighted by atomic mass is 10.00. The van der Waals surface area contributed by atoms with Crippen molar-refractivity contribution in [2.75, 3.05) is 0 Å². The fourth-order valence-electron chi connectivity index (χ4n) is 3.56. The molecule has 0 radical (unpaired) electrons. The summed E-state index contributed by atoms with van der Waals surface area (Å²) in [5, 5.41) is 20.8. The van der Waals surface area contributed by atoms with E-state index in [1.165, 1.54) is 41.7 Å². The van der Waals surface area contributed by atoms with Crippen molar-refractivity contribution < 1.29 is 18.3 Å². The van der Waals surface area contributed by atoms with Crippen molar-refractivity contribution in [3.63, 3.8) is 0 Å². The maximum absolute atomic E-state index is 13.1. The first kappa shape index (κ1) is 19.2. The van der Waals surface area contributed by atoms with Gasteiger partial charge in [0, 0.05) is 16.7 Å². The van der Waals surface area contributed by atoms with E-state index in [1.807, 2.05) is 24.3 Å². The Bertz CT molecular complexity index is 1560. The normalized spacial score (nSPS) is 15.0. The molecule has 31 heavy (non-hydrogen) atoms. The minimum Gasteiger partial charge on any atom is -0.506 e. The van der Waals surface area contributed by atoms with Gasteiger partial charge in [-0.25, -0.2) is 13.4 Å². The van der Waals surface area contributed by atoms with E-state index in [4.69, 9.17) is 0 Å². The summed E-state index contributed by atoms with van der Waals surface area (Å²) < 4.78 is 27.1. The second-order valence-corrected chi connectivity index (χ2v) is 9.78. The van der Waals surface area contributed by atoms with Gasteiger partial charge < -0.3 is 5.11 Å². The van der Waals surface area contributed by atoms with Crippen LogP contribution < -0.4 is 0 Å². The molecule has 0 atom stereocenters. The topological polar surface area (TPSA) is 108 Å². The van der Waals surface area contributed by atoms with E-state index in [0.29, 0.717) is 10.5 Å². The van der Waals surface area contributed by atoms with Crippen LogP contribution in [0, 0.1) is 11.3 Å². The fourth-order valence-corrected chi connectivity index (χ4v) is 6.20. The number of benzene rings is 3. The van der Waals surface area contributed by atoms with Gasteiger partial charge in [0.25, 0.3) is 0 Å². The van der Waals surface area contributed by atoms with Crippen LogP contribution in [-0.2, 0) is 9.84 Å². The van der Waals surface area contributed by atoms with Gasteiger partial charge in [-0.2, -0.15) is 5.26 Å². The van der Waals surface area contributed by atoms with Gasteiger partial charge in [-0.3, -0.25) is 4.79 Å². The molecule has 8 heteroatoms. The number of aliphatic hydroxyl groups excluding tert-OH is 1. The molecule has 1 N–H and O–H groups in total. The SMILES string of the molecule is N#C/C(=C(/O)c1ccc2c(c1)S(=O)(=O)c1ccccc1C2=O)c1nc2ccccc2s1. The zero-order chi connectivity index (χ0) is 21.8. The van der Waals surface area contributed by atoms with E-state index >= 15 is 0 Å². The lowest BCUT2D eigenvalue weighted by Gasteiger charge is -2.19. The van der Waals surface area contributed by atoms with E-state index < -0.39 is 21.4 Å². The molecule has 0 fully saturated rings. The third-order valence-electron chi connectivity index (χ3n) is 5.07. The number of rotatable bonds is 2. The average Bonchev–Trinajstić information content (AvgIpc) is 3.21. The molecule has 1 aliphatic rings. The molecule has 0 spiro atoms. The molecular formula is C23H12N2O4S2. The number of carbonyl (C=O) groups is 1. The second kappa shape index (κ2) is 6.87. The van der Waals surface area contributed by atoms with Gasteiger partial charge in [0.1, 0.15) is 22.4 Å². The van der Waals surface area contributed by atoms with Gasteiger partial charge in [0.2, 0.25) is 9.84 Å². The van der Waals surface area contributed by atoms with Crippen molar-refractivity contribution >= 4 is 48.5 Å². The largest absolute Gasteiger partial charge is 0.506 e. The monoisotopic (exact) mass is 444 g/mol. The third-order valence-corrected chi connectivity index (χ3v) is 7.97. The van der Waals surface area contributed by atoms with E-state index in [0.717, 1.165) is 4.70 Å². The van der Waals surface area contributed by atoms with Gasteiger partial charge in [0.15, 0.2) is 5.78 Å². The van der Waals surface area contributed by atoms with Crippen LogP contribution in [0.15, 0.2) is 76.5 Å². The molecule has 1 aromatic heterocycles. The van der Waals surface area contributed by atoms with Crippen LogP contribution in [0.1, 0.15) is 26.5 Å². The number of nitriles is 1. The van der Waals surface area contributed by atoms with E-state index in [1.54, 1.807) is 18.2 Å². The Kier molecular flexibility index (Phi) is 4.25. The highest BCUT2D eigenvalue weighted by atomic mass is 32.2. The molecule has 3 aromatic carbocycles. The molecular weight excluding hydrogens is 432 g/mol. The second-order valence-electron chi connectivity index (χ2n) is 6.86. The van der Waals surface area contributed by atoms with Gasteiger partial charge in [-0.1, -0.05) is 30.3 Å². The lowest BCUT2D eigenvalue weighted by Crippen LogP contribution is -2.20. The predicted molar refractivity (Wildman–Crippen MR) is 116 cm³/mol. The molecule has 0 unspecified atom stereocenters. The molecule has 0 saturated heterocycles. The summed E-state index contributed by atoms with van der Waals surface area (Å²) in [5.74, 6) is -0.798. The fraction of sp³-hybridized carbons (Fsp3) is 0. The standard InChI is InChI=1S/C23H12N2O4S2/c24-12-16(23-25-17-6-2-3-7-18(17)30-23)21(26)13-9-10-15-20(11-13)31(28,29)19-8-4-1-5-14(19)22(15)27/h1-11,26H/b21-16-. The molecule has 0 bridgehead atoms. The number of thiazole rings is 1. The Hall–Kier alpha value is -3.80. The maximum Gasteiger partial charge on any atom is 0.208 e. The van der Waals surface area contributed by atoms with Crippen LogP contribution in [0.3, 0.4) is 0 Å². The zero-order valence-electron chi connectivity index (χ0n) is 15.7. The number of ketones is 1. The van der Waals surface area contributed by atoms with E-state index in [9.17, 15) is 23.6 Å². The molecule has 0 amide bonds. The Morgan fingerprint density at radius 2 is 1.68 bits per heavy atom. The Morgan fingerprint density at radius 3 is 2.45 bits per heavy atom. The van der Waals surface area contributed by atoms with Crippen molar-refractivity contribution in [2.24, 2.45) is 0 Å². The zero-order valence-corrected chi connectivity index (χ0v) is 17.4. The van der Waals surface area contributed by atoms with Crippen molar-refractivity contribution in [1.29, 1.82) is 5.26 Å². The van der Waals surface area contributed by atoms with Gasteiger partial charge >= 0.3 is 0 Å². The number of hydrogen-bond donors (Lipinski definition) is 1. The number of para-hydroxylation sites is 1. The summed E-state index contributed by atoms with van der Waals surface area (Å²) in [7, 11) is -3.96. The number of aliphatic hydroxyl groups is 1. The summed E-state index contributed by atoms with van der Waals surface area (Å²) in [5.41, 5.74) is 0.896. The molecule has 2 heterocycles. The molecule has 5 rings (SSSR count). The number of fused-ring (bicyclic) bond motifs is 3. The summed E-state index contributed by atoms with van der Waals surface area (Å²) in [6, 6.07) is 19.4. The van der Waals surface area contributed by atoms with E-state index in [2.05, 4.69) is 4.98 Å². The summed E-state index contributed by atoms with van der Waals surface area (Å²) in [6.45, 7) is 0. The molecule has 4 aromatic rings. The van der Waals surface area contributed by atoms with Crippen molar-refractivity contribution in [1.82, 2.24) is 4.98 Å². The number of hydrogen-bond acceptors (Lipinski definition) is 7. The molecule has 0 aliphatic carbocycles. The van der Waals surface area contributed by atoms with Gasteiger partial charge in [-0.15, -0.1) is 11.3 Å². The van der Waals surface area contributed by atoms with E-state index in [-0.39, 0.29) is 32.1 Å². The number of sulfone groups is 1. The first-order chi connectivity index (χ1) is 14.9. The molecule has 0 saturated carbocycles. The molecule has 1 aliphatic heterocycles. The quantitative estimate of drug-likeness (QED) is 0.314. The van der Waals surface area contributed by atoms with Crippen LogP contribution in [0.5, 0.6) is 0 Å². The first-order valence-corrected chi connectivity index (χ1v) is 11.4. The highest BCUT2D eigenvalue weighted by molar-refractivity contribution is 7.91. The van der Waals surface area contributed by atoms with Crippen molar-refractivity contribution in [3.05, 3.63) is 88.4 Å². The van der Waals surface area contributed by atoms with Crippen LogP contribution >= 0.6 is 11.3 Å². The van der Waals surface area contributed by atoms with Gasteiger partial charge in [-0.05, 0) is 36.4 Å². The number of allylic oxidation sites excluding steroid dienone is 1. The van der Waals surface area contributed by atoms with Crippen LogP contribution in [0.25, 0.3) is 21.5 Å².